The summed E-state index contributed by atoms with van der Waals surface area (Å²) in [6.45, 7) is 2.71. The molecule has 0 atom stereocenters. The molecule has 0 aliphatic carbocycles. The van der Waals surface area contributed by atoms with Gasteiger partial charge in [0.15, 0.2) is 0 Å². The number of aromatic nitrogens is 2. The Bertz CT molecular complexity index is 655. The molecule has 20 heavy (non-hydrogen) atoms. The number of benzene rings is 1. The van der Waals surface area contributed by atoms with E-state index in [2.05, 4.69) is 9.97 Å². The van der Waals surface area contributed by atoms with Crippen molar-refractivity contribution < 1.29 is 4.79 Å². The van der Waals surface area contributed by atoms with Crippen LogP contribution in [0.5, 0.6) is 0 Å². The minimum Gasteiger partial charge on any atom is -0.312 e. The lowest BCUT2D eigenvalue weighted by Crippen LogP contribution is -2.23. The molecule has 0 saturated carbocycles. The second-order valence-corrected chi connectivity index (χ2v) is 5.17. The van der Waals surface area contributed by atoms with Crippen molar-refractivity contribution in [1.29, 1.82) is 0 Å². The Kier molecular flexibility index (Phi) is 3.40. The summed E-state index contributed by atoms with van der Waals surface area (Å²) < 4.78 is 0. The Hall–Kier alpha value is -1.94. The predicted molar refractivity (Wildman–Crippen MR) is 78.8 cm³/mol. The lowest BCUT2D eigenvalue weighted by Gasteiger charge is -2.16. The van der Waals surface area contributed by atoms with E-state index in [1.807, 2.05) is 36.1 Å². The Morgan fingerprint density at radius 1 is 1.25 bits per heavy atom. The topological polar surface area (TPSA) is 46.1 Å². The van der Waals surface area contributed by atoms with Crippen LogP contribution in [0.4, 0.5) is 5.69 Å². The summed E-state index contributed by atoms with van der Waals surface area (Å²) in [6, 6.07) is 7.90. The van der Waals surface area contributed by atoms with Crippen LogP contribution in [0.1, 0.15) is 18.5 Å². The zero-order chi connectivity index (χ0) is 14.1. The van der Waals surface area contributed by atoms with Crippen molar-refractivity contribution in [2.24, 2.45) is 0 Å². The first kappa shape index (κ1) is 13.1. The summed E-state index contributed by atoms with van der Waals surface area (Å²) in [4.78, 5) is 21.7. The van der Waals surface area contributed by atoms with E-state index in [0.29, 0.717) is 6.42 Å². The van der Waals surface area contributed by atoms with Gasteiger partial charge in [-0.25, -0.2) is 9.97 Å². The highest BCUT2D eigenvalue weighted by molar-refractivity contribution is 6.28. The lowest BCUT2D eigenvalue weighted by atomic mass is 10.1. The standard InChI is InChI=1S/C15H14ClN3O/c1-10-13(9-17-15(16)18-10)11-4-6-12(7-5-11)19-8-2-3-14(19)20/h4-7,9H,2-3,8H2,1H3. The monoisotopic (exact) mass is 287 g/mol. The molecular formula is C15H14ClN3O. The Labute approximate surface area is 122 Å². The molecule has 102 valence electrons. The lowest BCUT2D eigenvalue weighted by molar-refractivity contribution is -0.117. The molecule has 0 unspecified atom stereocenters. The van der Waals surface area contributed by atoms with Crippen LogP contribution >= 0.6 is 11.6 Å². The SMILES string of the molecule is Cc1nc(Cl)ncc1-c1ccc(N2CCCC2=O)cc1. The molecule has 3 rings (SSSR count). The molecule has 0 spiro atoms. The fourth-order valence-corrected chi connectivity index (χ4v) is 2.64. The van der Waals surface area contributed by atoms with Crippen molar-refractivity contribution in [3.63, 3.8) is 0 Å². The molecule has 1 aromatic heterocycles. The minimum absolute atomic E-state index is 0.198. The van der Waals surface area contributed by atoms with Gasteiger partial charge in [0, 0.05) is 30.4 Å². The number of nitrogens with zero attached hydrogens (tertiary/aromatic N) is 3. The maximum Gasteiger partial charge on any atom is 0.227 e. The van der Waals surface area contributed by atoms with Gasteiger partial charge in [-0.3, -0.25) is 4.79 Å². The molecule has 2 aromatic rings. The van der Waals surface area contributed by atoms with Crippen LogP contribution in [0.15, 0.2) is 30.5 Å². The maximum atomic E-state index is 11.7. The first-order chi connectivity index (χ1) is 9.65. The van der Waals surface area contributed by atoms with E-state index in [-0.39, 0.29) is 11.2 Å². The van der Waals surface area contributed by atoms with Gasteiger partial charge in [0.05, 0.1) is 5.69 Å². The molecule has 1 aromatic carbocycles. The van der Waals surface area contributed by atoms with Crippen molar-refractivity contribution >= 4 is 23.2 Å². The summed E-state index contributed by atoms with van der Waals surface area (Å²) in [5.41, 5.74) is 3.77. The third-order valence-electron chi connectivity index (χ3n) is 3.51. The summed E-state index contributed by atoms with van der Waals surface area (Å²) >= 11 is 5.77. The van der Waals surface area contributed by atoms with Crippen LogP contribution in [0.3, 0.4) is 0 Å². The predicted octanol–water partition coefficient (Wildman–Crippen LogP) is 3.23. The molecule has 5 heteroatoms. The van der Waals surface area contributed by atoms with Crippen molar-refractivity contribution in [2.45, 2.75) is 19.8 Å². The number of rotatable bonds is 2. The first-order valence-corrected chi connectivity index (χ1v) is 6.93. The number of aryl methyl sites for hydroxylation is 1. The van der Waals surface area contributed by atoms with Crippen molar-refractivity contribution in [3.05, 3.63) is 41.4 Å². The van der Waals surface area contributed by atoms with Crippen LogP contribution in [0, 0.1) is 6.92 Å². The van der Waals surface area contributed by atoms with E-state index in [1.165, 1.54) is 0 Å². The number of carbonyl (C=O) groups is 1. The van der Waals surface area contributed by atoms with Crippen LogP contribution in [0.2, 0.25) is 5.28 Å². The molecule has 2 heterocycles. The van der Waals surface area contributed by atoms with Crippen molar-refractivity contribution in [2.75, 3.05) is 11.4 Å². The van der Waals surface area contributed by atoms with Gasteiger partial charge in [0.1, 0.15) is 0 Å². The smallest absolute Gasteiger partial charge is 0.227 e. The van der Waals surface area contributed by atoms with E-state index >= 15 is 0 Å². The normalized spacial score (nSPS) is 14.9. The van der Waals surface area contributed by atoms with E-state index in [0.717, 1.165) is 35.5 Å². The highest BCUT2D eigenvalue weighted by atomic mass is 35.5. The minimum atomic E-state index is 0.198. The molecule has 1 aliphatic rings. The van der Waals surface area contributed by atoms with Crippen LogP contribution < -0.4 is 4.90 Å². The summed E-state index contributed by atoms with van der Waals surface area (Å²) in [6.07, 6.45) is 3.30. The van der Waals surface area contributed by atoms with Gasteiger partial charge in [-0.05, 0) is 42.6 Å². The molecule has 1 amide bonds. The Morgan fingerprint density at radius 3 is 2.60 bits per heavy atom. The third-order valence-corrected chi connectivity index (χ3v) is 3.70. The van der Waals surface area contributed by atoms with Gasteiger partial charge >= 0.3 is 0 Å². The second-order valence-electron chi connectivity index (χ2n) is 4.83. The molecule has 4 nitrogen and oxygen atoms in total. The molecule has 0 N–H and O–H groups in total. The number of halogens is 1. The fourth-order valence-electron chi connectivity index (χ4n) is 2.46. The van der Waals surface area contributed by atoms with Crippen LogP contribution in [0.25, 0.3) is 11.1 Å². The summed E-state index contributed by atoms with van der Waals surface area (Å²) in [5, 5.41) is 0.255. The van der Waals surface area contributed by atoms with E-state index in [9.17, 15) is 4.79 Å². The fraction of sp³-hybridized carbons (Fsp3) is 0.267. The molecule has 0 bridgehead atoms. The van der Waals surface area contributed by atoms with E-state index in [1.54, 1.807) is 6.20 Å². The van der Waals surface area contributed by atoms with Crippen molar-refractivity contribution in [1.82, 2.24) is 9.97 Å². The van der Waals surface area contributed by atoms with Gasteiger partial charge in [0.25, 0.3) is 0 Å². The van der Waals surface area contributed by atoms with E-state index in [4.69, 9.17) is 11.6 Å². The first-order valence-electron chi connectivity index (χ1n) is 6.55. The molecule has 1 fully saturated rings. The van der Waals surface area contributed by atoms with Gasteiger partial charge in [-0.2, -0.15) is 0 Å². The second kappa shape index (κ2) is 5.21. The van der Waals surface area contributed by atoms with Gasteiger partial charge in [-0.1, -0.05) is 12.1 Å². The average Bonchev–Trinajstić information content (AvgIpc) is 2.85. The largest absolute Gasteiger partial charge is 0.312 e. The van der Waals surface area contributed by atoms with Gasteiger partial charge < -0.3 is 4.90 Å². The summed E-state index contributed by atoms with van der Waals surface area (Å²) in [5.74, 6) is 0.198. The van der Waals surface area contributed by atoms with Crippen LogP contribution in [-0.2, 0) is 4.79 Å². The Balaban J connectivity index is 1.91. The molecular weight excluding hydrogens is 274 g/mol. The maximum absolute atomic E-state index is 11.7. The Morgan fingerprint density at radius 2 is 2.00 bits per heavy atom. The van der Waals surface area contributed by atoms with E-state index < -0.39 is 0 Å². The number of hydrogen-bond donors (Lipinski definition) is 0. The number of carbonyl (C=O) groups excluding carboxylic acids is 1. The van der Waals surface area contributed by atoms with Gasteiger partial charge in [0.2, 0.25) is 11.2 Å². The van der Waals surface area contributed by atoms with Crippen LogP contribution in [-0.4, -0.2) is 22.4 Å². The zero-order valence-corrected chi connectivity index (χ0v) is 11.9. The highest BCUT2D eigenvalue weighted by Gasteiger charge is 2.21. The number of amides is 1. The third kappa shape index (κ3) is 2.39. The quantitative estimate of drug-likeness (QED) is 0.797. The molecule has 1 saturated heterocycles. The zero-order valence-electron chi connectivity index (χ0n) is 11.1. The number of hydrogen-bond acceptors (Lipinski definition) is 3. The van der Waals surface area contributed by atoms with Crippen molar-refractivity contribution in [3.8, 4) is 11.1 Å². The molecule has 0 radical (unpaired) electrons. The van der Waals surface area contributed by atoms with Gasteiger partial charge in [-0.15, -0.1) is 0 Å². The molecule has 1 aliphatic heterocycles. The highest BCUT2D eigenvalue weighted by Crippen LogP contribution is 2.27. The average molecular weight is 288 g/mol. The summed E-state index contributed by atoms with van der Waals surface area (Å²) in [7, 11) is 0. The number of anilines is 1.